The molecule has 0 spiro atoms. The summed E-state index contributed by atoms with van der Waals surface area (Å²) in [6.07, 6.45) is -0.573. The second kappa shape index (κ2) is 3.72. The van der Waals surface area contributed by atoms with Crippen LogP contribution in [-0.2, 0) is 9.53 Å². The van der Waals surface area contributed by atoms with Gasteiger partial charge in [0.05, 0.1) is 0 Å². The summed E-state index contributed by atoms with van der Waals surface area (Å²) in [5, 5.41) is 8.99. The molecule has 0 bridgehead atoms. The van der Waals surface area contributed by atoms with Crippen LogP contribution in [-0.4, -0.2) is 41.3 Å². The van der Waals surface area contributed by atoms with Gasteiger partial charge in [0.15, 0.2) is 6.04 Å². The van der Waals surface area contributed by atoms with Crippen LogP contribution in [0.3, 0.4) is 0 Å². The van der Waals surface area contributed by atoms with Crippen molar-refractivity contribution in [3.63, 3.8) is 0 Å². The third kappa shape index (κ3) is 2.61. The molecule has 15 heavy (non-hydrogen) atoms. The number of amides is 1. The normalized spacial score (nSPS) is 26.7. The molecule has 0 aromatic heterocycles. The van der Waals surface area contributed by atoms with Crippen LogP contribution >= 0.6 is 0 Å². The van der Waals surface area contributed by atoms with E-state index in [9.17, 15) is 9.59 Å². The van der Waals surface area contributed by atoms with E-state index in [0.29, 0.717) is 6.42 Å². The highest BCUT2D eigenvalue weighted by molar-refractivity contribution is 5.83. The number of carbonyl (C=O) groups is 2. The zero-order valence-corrected chi connectivity index (χ0v) is 9.48. The standard InChI is InChI=1S/C10H17NO4/c1-10(2,3)5-6-7(8(12)13)11(4)9(14)15-6/h6-7H,5H2,1-4H3,(H,12,13). The van der Waals surface area contributed by atoms with E-state index in [1.165, 1.54) is 7.05 Å². The molecule has 1 N–H and O–H groups in total. The Bertz CT molecular complexity index is 282. The molecule has 0 radical (unpaired) electrons. The van der Waals surface area contributed by atoms with Crippen molar-refractivity contribution in [3.05, 3.63) is 0 Å². The molecule has 1 aliphatic rings. The average molecular weight is 215 g/mol. The summed E-state index contributed by atoms with van der Waals surface area (Å²) in [5.41, 5.74) is -0.0656. The van der Waals surface area contributed by atoms with E-state index in [4.69, 9.17) is 9.84 Å². The molecule has 0 saturated carbocycles. The topological polar surface area (TPSA) is 66.8 Å². The minimum Gasteiger partial charge on any atom is -0.480 e. The molecule has 1 heterocycles. The van der Waals surface area contributed by atoms with Crippen molar-refractivity contribution < 1.29 is 19.4 Å². The van der Waals surface area contributed by atoms with E-state index < -0.39 is 24.2 Å². The van der Waals surface area contributed by atoms with E-state index in [1.54, 1.807) is 0 Å². The van der Waals surface area contributed by atoms with Gasteiger partial charge in [0.2, 0.25) is 0 Å². The highest BCUT2D eigenvalue weighted by Crippen LogP contribution is 2.29. The van der Waals surface area contributed by atoms with Gasteiger partial charge in [-0.15, -0.1) is 0 Å². The van der Waals surface area contributed by atoms with E-state index in [1.807, 2.05) is 20.8 Å². The lowest BCUT2D eigenvalue weighted by atomic mass is 9.87. The van der Waals surface area contributed by atoms with Gasteiger partial charge in [0, 0.05) is 7.05 Å². The zero-order chi connectivity index (χ0) is 11.8. The fourth-order valence-electron chi connectivity index (χ4n) is 1.72. The summed E-state index contributed by atoms with van der Waals surface area (Å²) in [5.74, 6) is -1.02. The van der Waals surface area contributed by atoms with Crippen molar-refractivity contribution in [2.75, 3.05) is 7.05 Å². The number of carbonyl (C=O) groups excluding carboxylic acids is 1. The molecule has 1 amide bonds. The lowest BCUT2D eigenvalue weighted by molar-refractivity contribution is -0.142. The van der Waals surface area contributed by atoms with Crippen molar-refractivity contribution in [2.24, 2.45) is 5.41 Å². The van der Waals surface area contributed by atoms with Crippen molar-refractivity contribution in [1.29, 1.82) is 0 Å². The average Bonchev–Trinajstić information content (AvgIpc) is 2.23. The lowest BCUT2D eigenvalue weighted by Gasteiger charge is -2.24. The van der Waals surface area contributed by atoms with Crippen LogP contribution in [0.25, 0.3) is 0 Å². The van der Waals surface area contributed by atoms with Gasteiger partial charge in [-0.2, -0.15) is 0 Å². The van der Waals surface area contributed by atoms with E-state index in [-0.39, 0.29) is 5.41 Å². The van der Waals surface area contributed by atoms with Gasteiger partial charge in [0.1, 0.15) is 6.10 Å². The first-order chi connectivity index (χ1) is 6.72. The fraction of sp³-hybridized carbons (Fsp3) is 0.800. The molecule has 1 aliphatic heterocycles. The quantitative estimate of drug-likeness (QED) is 0.754. The fourth-order valence-corrected chi connectivity index (χ4v) is 1.72. The molecule has 2 atom stereocenters. The Kier molecular flexibility index (Phi) is 2.93. The van der Waals surface area contributed by atoms with Crippen molar-refractivity contribution in [1.82, 2.24) is 4.90 Å². The van der Waals surface area contributed by atoms with Crippen LogP contribution in [0.2, 0.25) is 0 Å². The first kappa shape index (κ1) is 11.8. The Labute approximate surface area is 89.0 Å². The van der Waals surface area contributed by atoms with Gasteiger partial charge < -0.3 is 9.84 Å². The maximum absolute atomic E-state index is 11.2. The number of ether oxygens (including phenoxy) is 1. The highest BCUT2D eigenvalue weighted by atomic mass is 16.6. The third-order valence-corrected chi connectivity index (χ3v) is 2.38. The van der Waals surface area contributed by atoms with Gasteiger partial charge >= 0.3 is 12.1 Å². The smallest absolute Gasteiger partial charge is 0.410 e. The predicted molar refractivity (Wildman–Crippen MR) is 53.5 cm³/mol. The second-order valence-corrected chi connectivity index (χ2v) is 5.08. The molecule has 5 heteroatoms. The SMILES string of the molecule is CN1C(=O)OC(CC(C)(C)C)C1C(=O)O. The maximum Gasteiger partial charge on any atom is 0.410 e. The van der Waals surface area contributed by atoms with E-state index >= 15 is 0 Å². The van der Waals surface area contributed by atoms with Gasteiger partial charge in [-0.05, 0) is 11.8 Å². The second-order valence-electron chi connectivity index (χ2n) is 5.08. The Balaban J connectivity index is 2.80. The largest absolute Gasteiger partial charge is 0.480 e. The summed E-state index contributed by atoms with van der Waals surface area (Å²) in [6.45, 7) is 5.95. The summed E-state index contributed by atoms with van der Waals surface area (Å²) in [6, 6.07) is -0.864. The van der Waals surface area contributed by atoms with Gasteiger partial charge in [-0.25, -0.2) is 9.59 Å². The number of rotatable bonds is 2. The summed E-state index contributed by atoms with van der Waals surface area (Å²) < 4.78 is 5.03. The van der Waals surface area contributed by atoms with E-state index in [2.05, 4.69) is 0 Å². The Morgan fingerprint density at radius 1 is 1.53 bits per heavy atom. The molecular weight excluding hydrogens is 198 g/mol. The number of carboxylic acid groups (broad SMARTS) is 1. The molecule has 0 aromatic carbocycles. The number of cyclic esters (lactones) is 1. The number of aliphatic carboxylic acids is 1. The summed E-state index contributed by atoms with van der Waals surface area (Å²) in [4.78, 5) is 23.3. The number of hydrogen-bond donors (Lipinski definition) is 1. The Hall–Kier alpha value is -1.26. The predicted octanol–water partition coefficient (Wildman–Crippen LogP) is 1.33. The van der Waals surface area contributed by atoms with Crippen molar-refractivity contribution in [3.8, 4) is 0 Å². The summed E-state index contributed by atoms with van der Waals surface area (Å²) >= 11 is 0. The molecule has 1 fully saturated rings. The number of carboxylic acids is 1. The monoisotopic (exact) mass is 215 g/mol. The molecule has 5 nitrogen and oxygen atoms in total. The Morgan fingerprint density at radius 3 is 2.47 bits per heavy atom. The first-order valence-electron chi connectivity index (χ1n) is 4.88. The molecule has 86 valence electrons. The number of hydrogen-bond acceptors (Lipinski definition) is 3. The van der Waals surface area contributed by atoms with E-state index in [0.717, 1.165) is 4.90 Å². The van der Waals surface area contributed by atoms with Crippen LogP contribution in [0.5, 0.6) is 0 Å². The first-order valence-corrected chi connectivity index (χ1v) is 4.88. The Morgan fingerprint density at radius 2 is 2.07 bits per heavy atom. The van der Waals surface area contributed by atoms with Gasteiger partial charge in [-0.3, -0.25) is 4.90 Å². The van der Waals surface area contributed by atoms with Crippen LogP contribution in [0, 0.1) is 5.41 Å². The lowest BCUT2D eigenvalue weighted by Crippen LogP contribution is -2.41. The number of likely N-dealkylation sites (N-methyl/N-ethyl adjacent to an activating group) is 1. The zero-order valence-electron chi connectivity index (χ0n) is 9.48. The molecule has 2 unspecified atom stereocenters. The maximum atomic E-state index is 11.2. The van der Waals surface area contributed by atoms with Gasteiger partial charge in [-0.1, -0.05) is 20.8 Å². The molecule has 1 rings (SSSR count). The van der Waals surface area contributed by atoms with Gasteiger partial charge in [0.25, 0.3) is 0 Å². The minimum atomic E-state index is -1.02. The highest BCUT2D eigenvalue weighted by Gasteiger charge is 2.45. The molecular formula is C10H17NO4. The number of nitrogens with zero attached hydrogens (tertiary/aromatic N) is 1. The molecule has 1 saturated heterocycles. The van der Waals surface area contributed by atoms with Crippen LogP contribution < -0.4 is 0 Å². The third-order valence-electron chi connectivity index (χ3n) is 2.38. The van der Waals surface area contributed by atoms with Crippen LogP contribution in [0.1, 0.15) is 27.2 Å². The summed E-state index contributed by atoms with van der Waals surface area (Å²) in [7, 11) is 1.45. The molecule has 0 aliphatic carbocycles. The minimum absolute atomic E-state index is 0.0656. The van der Waals surface area contributed by atoms with Crippen molar-refractivity contribution in [2.45, 2.75) is 39.3 Å². The van der Waals surface area contributed by atoms with Crippen molar-refractivity contribution >= 4 is 12.1 Å². The van der Waals surface area contributed by atoms with Crippen LogP contribution in [0.4, 0.5) is 4.79 Å². The molecule has 0 aromatic rings. The van der Waals surface area contributed by atoms with Crippen LogP contribution in [0.15, 0.2) is 0 Å².